The first-order valence-electron chi connectivity index (χ1n) is 4.43. The van der Waals surface area contributed by atoms with Gasteiger partial charge in [-0.1, -0.05) is 5.16 Å². The number of nitrogens with two attached hydrogens (primary N) is 1. The third-order valence-corrected chi connectivity index (χ3v) is 3.76. The van der Waals surface area contributed by atoms with Crippen LogP contribution in [0.2, 0.25) is 0 Å². The van der Waals surface area contributed by atoms with E-state index in [4.69, 9.17) is 15.7 Å². The Morgan fingerprint density at radius 3 is 2.88 bits per heavy atom. The Labute approximate surface area is 99.5 Å². The van der Waals surface area contributed by atoms with E-state index in [-0.39, 0.29) is 17.5 Å². The van der Waals surface area contributed by atoms with Crippen molar-refractivity contribution in [1.29, 1.82) is 0 Å². The number of hydrogen-bond donors (Lipinski definition) is 2. The molecule has 16 heavy (non-hydrogen) atoms. The monoisotopic (exact) mass is 259 g/mol. The van der Waals surface area contributed by atoms with Crippen LogP contribution in [0, 0.1) is 0 Å². The van der Waals surface area contributed by atoms with Crippen LogP contribution >= 0.6 is 23.1 Å². The van der Waals surface area contributed by atoms with Crippen molar-refractivity contribution in [3.8, 4) is 0 Å². The quantitative estimate of drug-likeness (QED) is 0.608. The van der Waals surface area contributed by atoms with Gasteiger partial charge in [0.2, 0.25) is 5.71 Å². The Morgan fingerprint density at radius 1 is 1.69 bits per heavy atom. The highest BCUT2D eigenvalue weighted by molar-refractivity contribution is 8.00. The van der Waals surface area contributed by atoms with Gasteiger partial charge in [-0.2, -0.15) is 11.8 Å². The Kier molecular flexibility index (Phi) is 3.30. The third kappa shape index (κ3) is 2.45. The number of anilines is 1. The van der Waals surface area contributed by atoms with Gasteiger partial charge in [0, 0.05) is 16.9 Å². The predicted octanol–water partition coefficient (Wildman–Crippen LogP) is 0.646. The summed E-state index contributed by atoms with van der Waals surface area (Å²) in [7, 11) is 0. The molecule has 1 aliphatic rings. The first-order chi connectivity index (χ1) is 7.66. The van der Waals surface area contributed by atoms with E-state index in [1.807, 2.05) is 0 Å². The number of aliphatic carboxylic acids is 1. The van der Waals surface area contributed by atoms with Gasteiger partial charge in [-0.15, -0.1) is 11.3 Å². The number of carbonyl (C=O) groups is 1. The number of nitrogens with zero attached hydrogens (tertiary/aromatic N) is 2. The Bertz CT molecular complexity index is 428. The molecular formula is C8H9N3O3S2. The molecule has 2 heterocycles. The number of thioether (sulfide) groups is 1. The number of carboxylic acids is 1. The maximum absolute atomic E-state index is 10.9. The van der Waals surface area contributed by atoms with Crippen LogP contribution < -0.4 is 5.73 Å². The van der Waals surface area contributed by atoms with Gasteiger partial charge in [-0.25, -0.2) is 9.78 Å². The molecule has 3 N–H and O–H groups in total. The fourth-order valence-electron chi connectivity index (χ4n) is 0.994. The second-order valence-electron chi connectivity index (χ2n) is 3.08. The fraction of sp³-hybridized carbons (Fsp3) is 0.375. The van der Waals surface area contributed by atoms with Crippen molar-refractivity contribution >= 4 is 39.9 Å². The van der Waals surface area contributed by atoms with E-state index in [1.165, 1.54) is 11.3 Å². The van der Waals surface area contributed by atoms with Gasteiger partial charge in [-0.05, 0) is 0 Å². The van der Waals surface area contributed by atoms with E-state index in [2.05, 4.69) is 10.1 Å². The van der Waals surface area contributed by atoms with Gasteiger partial charge in [0.25, 0.3) is 0 Å². The number of nitrogen functional groups attached to an aromatic ring is 1. The zero-order valence-electron chi connectivity index (χ0n) is 8.12. The molecule has 0 amide bonds. The number of hydrogen-bond acceptors (Lipinski definition) is 7. The molecule has 0 bridgehead atoms. The summed E-state index contributed by atoms with van der Waals surface area (Å²) >= 11 is 2.90. The van der Waals surface area contributed by atoms with Crippen LogP contribution in [0.5, 0.6) is 0 Å². The average molecular weight is 259 g/mol. The van der Waals surface area contributed by atoms with Gasteiger partial charge in [0.05, 0.1) is 0 Å². The van der Waals surface area contributed by atoms with Crippen LogP contribution in [-0.4, -0.2) is 39.4 Å². The van der Waals surface area contributed by atoms with Crippen molar-refractivity contribution in [3.63, 3.8) is 0 Å². The first-order valence-corrected chi connectivity index (χ1v) is 6.46. The molecule has 6 nitrogen and oxygen atoms in total. The molecule has 0 radical (unpaired) electrons. The second-order valence-corrected chi connectivity index (χ2v) is 5.05. The summed E-state index contributed by atoms with van der Waals surface area (Å²) in [4.78, 5) is 19.9. The number of oxime groups is 1. The molecule has 1 aliphatic heterocycles. The molecule has 86 valence electrons. The van der Waals surface area contributed by atoms with E-state index in [9.17, 15) is 4.79 Å². The zero-order chi connectivity index (χ0) is 11.5. The lowest BCUT2D eigenvalue weighted by molar-refractivity contribution is -0.129. The minimum atomic E-state index is -1.17. The molecule has 0 atom stereocenters. The van der Waals surface area contributed by atoms with Gasteiger partial charge < -0.3 is 15.7 Å². The van der Waals surface area contributed by atoms with Gasteiger partial charge in [0.1, 0.15) is 11.8 Å². The van der Waals surface area contributed by atoms with Gasteiger partial charge in [-0.3, -0.25) is 0 Å². The maximum Gasteiger partial charge on any atom is 0.360 e. The summed E-state index contributed by atoms with van der Waals surface area (Å²) in [5.41, 5.74) is 5.46. The second kappa shape index (κ2) is 4.71. The number of aromatic nitrogens is 1. The van der Waals surface area contributed by atoms with Crippen molar-refractivity contribution in [3.05, 3.63) is 11.1 Å². The van der Waals surface area contributed by atoms with Crippen LogP contribution in [0.1, 0.15) is 5.69 Å². The standard InChI is InChI=1S/C8H9N3O3S2/c9-8-10-5(3-16-8)6(7(12)13)11-14-4-1-15-2-4/h3-4H,1-2H2,(H2,9,10)(H,12,13)/b11-6+. The minimum absolute atomic E-state index is 0.00957. The average Bonchev–Trinajstić information content (AvgIpc) is 2.55. The normalized spacial score (nSPS) is 16.9. The molecule has 0 spiro atoms. The summed E-state index contributed by atoms with van der Waals surface area (Å²) in [5.74, 6) is 0.517. The van der Waals surface area contributed by atoms with Crippen LogP contribution in [-0.2, 0) is 9.63 Å². The van der Waals surface area contributed by atoms with Crippen molar-refractivity contribution in [1.82, 2.24) is 4.98 Å². The molecule has 0 saturated carbocycles. The number of rotatable bonds is 4. The van der Waals surface area contributed by atoms with Gasteiger partial charge in [0.15, 0.2) is 5.13 Å². The lowest BCUT2D eigenvalue weighted by Gasteiger charge is -2.22. The largest absolute Gasteiger partial charge is 0.476 e. The van der Waals surface area contributed by atoms with Crippen LogP contribution in [0.3, 0.4) is 0 Å². The molecule has 2 rings (SSSR count). The smallest absolute Gasteiger partial charge is 0.360 e. The summed E-state index contributed by atoms with van der Waals surface area (Å²) < 4.78 is 0. The third-order valence-electron chi connectivity index (χ3n) is 1.87. The van der Waals surface area contributed by atoms with Crippen LogP contribution in [0.4, 0.5) is 5.13 Å². The Morgan fingerprint density at radius 2 is 2.44 bits per heavy atom. The minimum Gasteiger partial charge on any atom is -0.476 e. The highest BCUT2D eigenvalue weighted by Crippen LogP contribution is 2.21. The summed E-state index contributed by atoms with van der Waals surface area (Å²) in [6.07, 6.45) is 0.00957. The molecule has 0 aromatic carbocycles. The van der Waals surface area contributed by atoms with Crippen molar-refractivity contribution in [2.45, 2.75) is 6.10 Å². The first kappa shape index (κ1) is 11.2. The molecule has 8 heteroatoms. The van der Waals surface area contributed by atoms with Crippen molar-refractivity contribution < 1.29 is 14.7 Å². The Balaban J connectivity index is 2.12. The lowest BCUT2D eigenvalue weighted by atomic mass is 10.3. The van der Waals surface area contributed by atoms with E-state index < -0.39 is 5.97 Å². The SMILES string of the molecule is Nc1nc(/C(=N\OC2CSC2)C(=O)O)cs1. The summed E-state index contributed by atoms with van der Waals surface area (Å²) in [5, 5.41) is 14.4. The zero-order valence-corrected chi connectivity index (χ0v) is 9.75. The Hall–Kier alpha value is -1.28. The maximum atomic E-state index is 10.9. The number of carboxylic acid groups (broad SMARTS) is 1. The highest BCUT2D eigenvalue weighted by Gasteiger charge is 2.22. The predicted molar refractivity (Wildman–Crippen MR) is 62.9 cm³/mol. The molecule has 1 aromatic rings. The van der Waals surface area contributed by atoms with E-state index in [0.717, 1.165) is 11.5 Å². The fourth-order valence-corrected chi connectivity index (χ4v) is 2.09. The molecule has 1 fully saturated rings. The topological polar surface area (TPSA) is 97.8 Å². The molecule has 1 aromatic heterocycles. The van der Waals surface area contributed by atoms with Crippen molar-refractivity contribution in [2.24, 2.45) is 5.16 Å². The summed E-state index contributed by atoms with van der Waals surface area (Å²) in [6.45, 7) is 0. The number of thiazole rings is 1. The van der Waals surface area contributed by atoms with E-state index >= 15 is 0 Å². The molecular weight excluding hydrogens is 250 g/mol. The van der Waals surface area contributed by atoms with Crippen LogP contribution in [0.25, 0.3) is 0 Å². The lowest BCUT2D eigenvalue weighted by Crippen LogP contribution is -2.27. The van der Waals surface area contributed by atoms with Gasteiger partial charge >= 0.3 is 5.97 Å². The summed E-state index contributed by atoms with van der Waals surface area (Å²) in [6, 6.07) is 0. The highest BCUT2D eigenvalue weighted by atomic mass is 32.2. The molecule has 1 saturated heterocycles. The van der Waals surface area contributed by atoms with Crippen molar-refractivity contribution in [2.75, 3.05) is 17.2 Å². The van der Waals surface area contributed by atoms with Crippen LogP contribution in [0.15, 0.2) is 10.5 Å². The van der Waals surface area contributed by atoms with E-state index in [1.54, 1.807) is 17.1 Å². The van der Waals surface area contributed by atoms with E-state index in [0.29, 0.717) is 5.13 Å². The molecule has 0 aliphatic carbocycles. The molecule has 0 unspecified atom stereocenters.